The predicted molar refractivity (Wildman–Crippen MR) is 61.7 cm³/mol. The van der Waals surface area contributed by atoms with Gasteiger partial charge in [-0.25, -0.2) is 0 Å². The molecule has 0 aliphatic rings. The maximum atomic E-state index is 11.6. The van der Waals surface area contributed by atoms with E-state index in [1.165, 1.54) is 25.3 Å². The third kappa shape index (κ3) is 3.42. The number of benzene rings is 1. The number of nitro groups is 1. The summed E-state index contributed by atoms with van der Waals surface area (Å²) in [7, 11) is 1.52. The molecule has 1 amide bonds. The lowest BCUT2D eigenvalue weighted by Crippen LogP contribution is -2.27. The molecule has 0 spiro atoms. The number of carbonyl (C=O) groups excluding carboxylic acids is 1. The first kappa shape index (κ1) is 12.9. The molecule has 1 aromatic carbocycles. The quantitative estimate of drug-likeness (QED) is 0.337. The average molecular weight is 239 g/mol. The first-order chi connectivity index (χ1) is 8.06. The molecule has 0 saturated heterocycles. The number of carbonyl (C=O) groups is 1. The van der Waals surface area contributed by atoms with Gasteiger partial charge in [0, 0.05) is 25.3 Å². The van der Waals surface area contributed by atoms with Crippen LogP contribution in [-0.4, -0.2) is 31.1 Å². The molecule has 0 aromatic heterocycles. The highest BCUT2D eigenvalue weighted by Gasteiger charge is 2.14. The molecule has 0 aliphatic heterocycles. The lowest BCUT2D eigenvalue weighted by Gasteiger charge is -2.05. The number of nitrogen functional groups attached to an aromatic ring is 1. The van der Waals surface area contributed by atoms with Gasteiger partial charge in [0.05, 0.1) is 11.5 Å². The highest BCUT2D eigenvalue weighted by molar-refractivity contribution is 5.95. The van der Waals surface area contributed by atoms with Crippen LogP contribution >= 0.6 is 0 Å². The molecule has 7 nitrogen and oxygen atoms in total. The first-order valence-corrected chi connectivity index (χ1v) is 4.87. The third-order valence-corrected chi connectivity index (χ3v) is 2.08. The monoisotopic (exact) mass is 239 g/mol. The van der Waals surface area contributed by atoms with Gasteiger partial charge < -0.3 is 15.8 Å². The molecule has 92 valence electrons. The fourth-order valence-electron chi connectivity index (χ4n) is 1.23. The summed E-state index contributed by atoms with van der Waals surface area (Å²) in [5.41, 5.74) is 5.51. The molecule has 0 atom stereocenters. The van der Waals surface area contributed by atoms with Gasteiger partial charge in [-0.3, -0.25) is 14.9 Å². The second-order valence-corrected chi connectivity index (χ2v) is 3.28. The topological polar surface area (TPSA) is 107 Å². The Balaban J connectivity index is 2.76. The summed E-state index contributed by atoms with van der Waals surface area (Å²) in [5, 5.41) is 13.1. The molecule has 7 heteroatoms. The molecule has 0 unspecified atom stereocenters. The number of nitro benzene ring substituents is 1. The van der Waals surface area contributed by atoms with Crippen LogP contribution in [-0.2, 0) is 4.74 Å². The van der Waals surface area contributed by atoms with Crippen LogP contribution in [0.25, 0.3) is 0 Å². The Morgan fingerprint density at radius 1 is 1.59 bits per heavy atom. The normalized spacial score (nSPS) is 9.94. The molecule has 1 rings (SSSR count). The number of methoxy groups -OCH3 is 1. The zero-order valence-electron chi connectivity index (χ0n) is 9.30. The minimum Gasteiger partial charge on any atom is -0.393 e. The van der Waals surface area contributed by atoms with E-state index >= 15 is 0 Å². The molecule has 1 aromatic rings. The fraction of sp³-hybridized carbons (Fsp3) is 0.300. The number of ether oxygens (including phenoxy) is 1. The van der Waals surface area contributed by atoms with Crippen molar-refractivity contribution in [2.45, 2.75) is 0 Å². The predicted octanol–water partition coefficient (Wildman–Crippen LogP) is 0.553. The summed E-state index contributed by atoms with van der Waals surface area (Å²) in [6.45, 7) is 0.764. The molecular weight excluding hydrogens is 226 g/mol. The largest absolute Gasteiger partial charge is 0.393 e. The van der Waals surface area contributed by atoms with Gasteiger partial charge in [0.15, 0.2) is 0 Å². The van der Waals surface area contributed by atoms with E-state index in [9.17, 15) is 14.9 Å². The second kappa shape index (κ2) is 5.80. The van der Waals surface area contributed by atoms with E-state index in [1.807, 2.05) is 0 Å². The van der Waals surface area contributed by atoms with Crippen molar-refractivity contribution >= 4 is 17.3 Å². The number of amides is 1. The van der Waals surface area contributed by atoms with Crippen molar-refractivity contribution in [1.82, 2.24) is 5.32 Å². The van der Waals surface area contributed by atoms with Gasteiger partial charge in [-0.15, -0.1) is 0 Å². The summed E-state index contributed by atoms with van der Waals surface area (Å²) in [6, 6.07) is 3.84. The summed E-state index contributed by atoms with van der Waals surface area (Å²) < 4.78 is 4.77. The Hall–Kier alpha value is -2.15. The van der Waals surface area contributed by atoms with Crippen molar-refractivity contribution < 1.29 is 14.5 Å². The van der Waals surface area contributed by atoms with Crippen LogP contribution in [0, 0.1) is 10.1 Å². The van der Waals surface area contributed by atoms with Crippen LogP contribution in [0.2, 0.25) is 0 Å². The van der Waals surface area contributed by atoms with Crippen LogP contribution in [0.3, 0.4) is 0 Å². The maximum absolute atomic E-state index is 11.6. The SMILES string of the molecule is COCCNC(=O)c1ccc([N+](=O)[O-])c(N)c1. The summed E-state index contributed by atoms with van der Waals surface area (Å²) >= 11 is 0. The minimum atomic E-state index is -0.595. The Kier molecular flexibility index (Phi) is 4.41. The molecule has 0 aliphatic carbocycles. The summed E-state index contributed by atoms with van der Waals surface area (Å²) in [5.74, 6) is -0.344. The lowest BCUT2D eigenvalue weighted by molar-refractivity contribution is -0.383. The van der Waals surface area contributed by atoms with E-state index in [1.54, 1.807) is 0 Å². The Morgan fingerprint density at radius 3 is 2.82 bits per heavy atom. The fourth-order valence-corrected chi connectivity index (χ4v) is 1.23. The Labute approximate surface area is 97.7 Å². The van der Waals surface area contributed by atoms with Crippen molar-refractivity contribution in [3.63, 3.8) is 0 Å². The van der Waals surface area contributed by atoms with Crippen LogP contribution in [0.5, 0.6) is 0 Å². The molecule has 0 bridgehead atoms. The second-order valence-electron chi connectivity index (χ2n) is 3.28. The van der Waals surface area contributed by atoms with E-state index < -0.39 is 4.92 Å². The van der Waals surface area contributed by atoms with E-state index in [0.29, 0.717) is 13.2 Å². The number of hydrogen-bond acceptors (Lipinski definition) is 5. The summed E-state index contributed by atoms with van der Waals surface area (Å²) in [6.07, 6.45) is 0. The van der Waals surface area contributed by atoms with Crippen molar-refractivity contribution in [2.75, 3.05) is 26.0 Å². The molecule has 0 heterocycles. The third-order valence-electron chi connectivity index (χ3n) is 2.08. The van der Waals surface area contributed by atoms with Gasteiger partial charge >= 0.3 is 0 Å². The van der Waals surface area contributed by atoms with Gasteiger partial charge in [-0.05, 0) is 12.1 Å². The number of nitrogens with zero attached hydrogens (tertiary/aromatic N) is 1. The molecule has 0 fully saturated rings. The molecule has 3 N–H and O–H groups in total. The number of hydrogen-bond donors (Lipinski definition) is 2. The number of rotatable bonds is 5. The minimum absolute atomic E-state index is 0.0330. The van der Waals surface area contributed by atoms with Gasteiger partial charge in [0.1, 0.15) is 5.69 Å². The number of nitrogens with one attached hydrogen (secondary N) is 1. The highest BCUT2D eigenvalue weighted by atomic mass is 16.6. The van der Waals surface area contributed by atoms with E-state index in [0.717, 1.165) is 0 Å². The van der Waals surface area contributed by atoms with Crippen LogP contribution < -0.4 is 11.1 Å². The first-order valence-electron chi connectivity index (χ1n) is 4.87. The van der Waals surface area contributed by atoms with Crippen LogP contribution in [0.1, 0.15) is 10.4 Å². The van der Waals surface area contributed by atoms with Gasteiger partial charge in [0.2, 0.25) is 0 Å². The van der Waals surface area contributed by atoms with Gasteiger partial charge in [-0.2, -0.15) is 0 Å². The maximum Gasteiger partial charge on any atom is 0.292 e. The molecule has 0 saturated carbocycles. The van der Waals surface area contributed by atoms with Crippen molar-refractivity contribution in [2.24, 2.45) is 0 Å². The van der Waals surface area contributed by atoms with E-state index in [4.69, 9.17) is 10.5 Å². The van der Waals surface area contributed by atoms with E-state index in [2.05, 4.69) is 5.32 Å². The summed E-state index contributed by atoms with van der Waals surface area (Å²) in [4.78, 5) is 21.5. The molecule has 17 heavy (non-hydrogen) atoms. The molecule has 0 radical (unpaired) electrons. The lowest BCUT2D eigenvalue weighted by atomic mass is 10.1. The standard InChI is InChI=1S/C10H13N3O4/c1-17-5-4-12-10(14)7-2-3-9(13(15)16)8(11)6-7/h2-3,6H,4-5,11H2,1H3,(H,12,14). The van der Waals surface area contributed by atoms with E-state index in [-0.39, 0.29) is 22.8 Å². The molecular formula is C10H13N3O4. The number of anilines is 1. The Morgan fingerprint density at radius 2 is 2.29 bits per heavy atom. The zero-order valence-corrected chi connectivity index (χ0v) is 9.30. The zero-order chi connectivity index (χ0) is 12.8. The number of nitrogens with two attached hydrogens (primary N) is 1. The van der Waals surface area contributed by atoms with Crippen LogP contribution in [0.4, 0.5) is 11.4 Å². The van der Waals surface area contributed by atoms with Crippen molar-refractivity contribution in [3.8, 4) is 0 Å². The smallest absolute Gasteiger partial charge is 0.292 e. The van der Waals surface area contributed by atoms with Crippen molar-refractivity contribution in [3.05, 3.63) is 33.9 Å². The van der Waals surface area contributed by atoms with Gasteiger partial charge in [-0.1, -0.05) is 0 Å². The van der Waals surface area contributed by atoms with Crippen LogP contribution in [0.15, 0.2) is 18.2 Å². The van der Waals surface area contributed by atoms with Crippen molar-refractivity contribution in [1.29, 1.82) is 0 Å². The van der Waals surface area contributed by atoms with Gasteiger partial charge in [0.25, 0.3) is 11.6 Å². The Bertz CT molecular complexity index is 434. The average Bonchev–Trinajstić information content (AvgIpc) is 2.28. The highest BCUT2D eigenvalue weighted by Crippen LogP contribution is 2.21.